The van der Waals surface area contributed by atoms with Crippen LogP contribution in [0.25, 0.3) is 0 Å². The highest BCUT2D eigenvalue weighted by Gasteiger charge is 2.18. The van der Waals surface area contributed by atoms with Crippen LogP contribution in [0.1, 0.15) is 386 Å². The summed E-state index contributed by atoms with van der Waals surface area (Å²) in [6.07, 6.45) is 90.7. The molecule has 0 rings (SSSR count). The maximum Gasteiger partial charge on any atom is 0.305 e. The van der Waals surface area contributed by atoms with Crippen LogP contribution in [0.3, 0.4) is 0 Å². The van der Waals surface area contributed by atoms with Crippen LogP contribution in [0.2, 0.25) is 0 Å². The van der Waals surface area contributed by atoms with Crippen molar-refractivity contribution in [2.24, 2.45) is 0 Å². The fourth-order valence-corrected chi connectivity index (χ4v) is 11.1. The van der Waals surface area contributed by atoms with Crippen molar-refractivity contribution in [2.45, 2.75) is 398 Å². The van der Waals surface area contributed by atoms with E-state index >= 15 is 0 Å². The summed E-state index contributed by atoms with van der Waals surface area (Å²) in [7, 11) is 0. The van der Waals surface area contributed by atoms with Crippen LogP contribution in [0.15, 0.2) is 48.6 Å². The first-order valence-electron chi connectivity index (χ1n) is 35.9. The topological polar surface area (TPSA) is 95.9 Å². The van der Waals surface area contributed by atoms with Gasteiger partial charge in [-0.05, 0) is 89.9 Å². The monoisotopic (exact) mass is 1120 g/mol. The molecule has 0 heterocycles. The predicted molar refractivity (Wildman–Crippen MR) is 352 cm³/mol. The van der Waals surface area contributed by atoms with Crippen molar-refractivity contribution in [3.05, 3.63) is 48.6 Å². The Balaban J connectivity index is 3.33. The van der Waals surface area contributed by atoms with E-state index in [-0.39, 0.29) is 18.5 Å². The SMILES string of the molecule is CCCCC/C=C\C/C=C\CCCCCCCCCC(=O)OCCCCCCCCCCCCCCCC/C=C\CCCCCCCCCCCCCCCCCCCC(=O)NC(CO)C(O)/C=C/CCCCCCCCCCC. The summed E-state index contributed by atoms with van der Waals surface area (Å²) in [6, 6.07) is -0.624. The maximum atomic E-state index is 12.4. The lowest BCUT2D eigenvalue weighted by Crippen LogP contribution is -2.45. The van der Waals surface area contributed by atoms with E-state index in [1.807, 2.05) is 6.08 Å². The molecule has 0 radical (unpaired) electrons. The first-order valence-corrected chi connectivity index (χ1v) is 35.9. The minimum Gasteiger partial charge on any atom is -0.466 e. The number of rotatable bonds is 67. The minimum atomic E-state index is -0.841. The molecule has 6 nitrogen and oxygen atoms in total. The van der Waals surface area contributed by atoms with E-state index in [4.69, 9.17) is 4.74 Å². The minimum absolute atomic E-state index is 0.0122. The van der Waals surface area contributed by atoms with E-state index in [2.05, 4.69) is 55.6 Å². The van der Waals surface area contributed by atoms with Gasteiger partial charge >= 0.3 is 5.97 Å². The van der Waals surface area contributed by atoms with Crippen molar-refractivity contribution in [3.63, 3.8) is 0 Å². The standard InChI is InChI=1S/C74H139NO5/c1-3-5-7-9-11-13-15-16-17-37-41-44-48-52-56-60-64-68-74(79)80-69-65-61-57-53-49-45-42-39-36-34-32-30-28-26-24-22-20-18-19-21-23-25-27-29-31-33-35-38-40-43-47-51-55-59-63-67-73(78)75-71(70-76)72(77)66-62-58-54-50-46-14-12-10-8-6-4-2/h11,13,16-17,20,22,62,66,71-72,76-77H,3-10,12,14-15,18-19,21,23-61,63-65,67-70H2,1-2H3,(H,75,78)/b13-11-,17-16-,22-20-,66-62+. The lowest BCUT2D eigenvalue weighted by atomic mass is 10.0. The molecule has 0 aliphatic carbocycles. The molecule has 6 heteroatoms. The highest BCUT2D eigenvalue weighted by Crippen LogP contribution is 2.18. The molecule has 0 aromatic carbocycles. The molecule has 2 unspecified atom stereocenters. The Morgan fingerprint density at radius 2 is 0.625 bits per heavy atom. The fraction of sp³-hybridized carbons (Fsp3) is 0.865. The third-order valence-electron chi connectivity index (χ3n) is 16.6. The van der Waals surface area contributed by atoms with Gasteiger partial charge in [0.25, 0.3) is 0 Å². The predicted octanol–water partition coefficient (Wildman–Crippen LogP) is 23.3. The molecule has 3 N–H and O–H groups in total. The molecule has 1 amide bonds. The van der Waals surface area contributed by atoms with Crippen LogP contribution in [0.5, 0.6) is 0 Å². The lowest BCUT2D eigenvalue weighted by molar-refractivity contribution is -0.143. The third-order valence-corrected chi connectivity index (χ3v) is 16.6. The van der Waals surface area contributed by atoms with Gasteiger partial charge in [-0.3, -0.25) is 9.59 Å². The van der Waals surface area contributed by atoms with Crippen LogP contribution in [-0.4, -0.2) is 47.4 Å². The summed E-state index contributed by atoms with van der Waals surface area (Å²) in [5.41, 5.74) is 0. The summed E-state index contributed by atoms with van der Waals surface area (Å²) >= 11 is 0. The highest BCUT2D eigenvalue weighted by molar-refractivity contribution is 5.76. The van der Waals surface area contributed by atoms with E-state index < -0.39 is 12.1 Å². The number of allylic oxidation sites excluding steroid dienone is 7. The first-order chi connectivity index (χ1) is 39.5. The number of nitrogens with one attached hydrogen (secondary N) is 1. The molecule has 0 saturated heterocycles. The molecule has 0 spiro atoms. The highest BCUT2D eigenvalue weighted by atomic mass is 16.5. The van der Waals surface area contributed by atoms with E-state index in [0.717, 1.165) is 51.4 Å². The summed E-state index contributed by atoms with van der Waals surface area (Å²) in [5.74, 6) is -0.0524. The number of ether oxygens (including phenoxy) is 1. The molecule has 0 aromatic heterocycles. The van der Waals surface area contributed by atoms with E-state index in [9.17, 15) is 19.8 Å². The smallest absolute Gasteiger partial charge is 0.305 e. The molecule has 0 saturated carbocycles. The number of amides is 1. The molecule has 0 aromatic rings. The molecule has 80 heavy (non-hydrogen) atoms. The van der Waals surface area contributed by atoms with E-state index in [1.54, 1.807) is 6.08 Å². The number of hydrogen-bond donors (Lipinski definition) is 3. The zero-order chi connectivity index (χ0) is 57.8. The van der Waals surface area contributed by atoms with Gasteiger partial charge in [-0.15, -0.1) is 0 Å². The van der Waals surface area contributed by atoms with Crippen LogP contribution >= 0.6 is 0 Å². The Hall–Kier alpha value is -2.18. The number of unbranched alkanes of at least 4 members (excludes halogenated alkanes) is 50. The summed E-state index contributed by atoms with van der Waals surface area (Å²) in [6.45, 7) is 4.88. The van der Waals surface area contributed by atoms with Crippen molar-refractivity contribution in [1.82, 2.24) is 5.32 Å². The van der Waals surface area contributed by atoms with Crippen molar-refractivity contribution >= 4 is 11.9 Å². The van der Waals surface area contributed by atoms with Crippen LogP contribution in [0, 0.1) is 0 Å². The average molecular weight is 1120 g/mol. The van der Waals surface area contributed by atoms with E-state index in [1.165, 1.54) is 308 Å². The van der Waals surface area contributed by atoms with Crippen molar-refractivity contribution in [3.8, 4) is 0 Å². The largest absolute Gasteiger partial charge is 0.466 e. The number of carbonyl (C=O) groups is 2. The van der Waals surface area contributed by atoms with Crippen LogP contribution in [-0.2, 0) is 14.3 Å². The molecular formula is C74H139NO5. The summed E-state index contributed by atoms with van der Waals surface area (Å²) in [4.78, 5) is 24.5. The number of aliphatic hydroxyl groups is 2. The summed E-state index contributed by atoms with van der Waals surface area (Å²) in [5, 5.41) is 23.1. The van der Waals surface area contributed by atoms with Gasteiger partial charge in [-0.1, -0.05) is 332 Å². The Labute approximate surface area is 499 Å². The van der Waals surface area contributed by atoms with Gasteiger partial charge in [-0.2, -0.15) is 0 Å². The second kappa shape index (κ2) is 69.3. The van der Waals surface area contributed by atoms with Gasteiger partial charge in [0, 0.05) is 12.8 Å². The number of esters is 1. The number of carbonyl (C=O) groups excluding carboxylic acids is 2. The quantitative estimate of drug-likeness (QED) is 0.0320. The van der Waals surface area contributed by atoms with Gasteiger partial charge < -0.3 is 20.3 Å². The Bertz CT molecular complexity index is 1340. The normalized spacial score (nSPS) is 12.8. The van der Waals surface area contributed by atoms with Crippen LogP contribution < -0.4 is 5.32 Å². The van der Waals surface area contributed by atoms with Gasteiger partial charge in [0.2, 0.25) is 5.91 Å². The van der Waals surface area contributed by atoms with Gasteiger partial charge in [0.15, 0.2) is 0 Å². The first kappa shape index (κ1) is 77.8. The Morgan fingerprint density at radius 1 is 0.350 bits per heavy atom. The number of hydrogen-bond acceptors (Lipinski definition) is 5. The average Bonchev–Trinajstić information content (AvgIpc) is 3.46. The Kier molecular flexibility index (Phi) is 67.4. The van der Waals surface area contributed by atoms with Gasteiger partial charge in [0.1, 0.15) is 0 Å². The van der Waals surface area contributed by atoms with Crippen molar-refractivity contribution in [2.75, 3.05) is 13.2 Å². The van der Waals surface area contributed by atoms with Crippen LogP contribution in [0.4, 0.5) is 0 Å². The van der Waals surface area contributed by atoms with Crippen molar-refractivity contribution < 1.29 is 24.5 Å². The van der Waals surface area contributed by atoms with E-state index in [0.29, 0.717) is 19.4 Å². The lowest BCUT2D eigenvalue weighted by Gasteiger charge is -2.20. The third kappa shape index (κ3) is 65.0. The summed E-state index contributed by atoms with van der Waals surface area (Å²) < 4.78 is 5.50. The van der Waals surface area contributed by atoms with Gasteiger partial charge in [-0.25, -0.2) is 0 Å². The van der Waals surface area contributed by atoms with Crippen molar-refractivity contribution in [1.29, 1.82) is 0 Å². The zero-order valence-corrected chi connectivity index (χ0v) is 53.8. The number of aliphatic hydroxyl groups excluding tert-OH is 2. The Morgan fingerprint density at radius 3 is 0.988 bits per heavy atom. The maximum absolute atomic E-state index is 12.4. The molecule has 0 bridgehead atoms. The second-order valence-electron chi connectivity index (χ2n) is 24.6. The zero-order valence-electron chi connectivity index (χ0n) is 53.8. The molecular weight excluding hydrogens is 983 g/mol. The molecule has 0 aliphatic rings. The van der Waals surface area contributed by atoms with Gasteiger partial charge in [0.05, 0.1) is 25.4 Å². The molecule has 2 atom stereocenters. The molecule has 0 fully saturated rings. The molecule has 0 aliphatic heterocycles. The second-order valence-corrected chi connectivity index (χ2v) is 24.6. The molecule has 470 valence electrons. The fourth-order valence-electron chi connectivity index (χ4n) is 11.1.